The van der Waals surface area contributed by atoms with E-state index in [1.165, 1.54) is 12.1 Å². The molecule has 94 valence electrons. The predicted molar refractivity (Wildman–Crippen MR) is 70.7 cm³/mol. The van der Waals surface area contributed by atoms with Gasteiger partial charge in [-0.25, -0.2) is 4.98 Å². The monoisotopic (exact) mass is 274 g/mol. The molecule has 1 rings (SSSR count). The minimum absolute atomic E-state index is 0.146. The highest BCUT2D eigenvalue weighted by Crippen LogP contribution is 2.14. The van der Waals surface area contributed by atoms with Crippen molar-refractivity contribution < 1.29 is 4.79 Å². The number of rotatable bonds is 5. The summed E-state index contributed by atoms with van der Waals surface area (Å²) in [6, 6.07) is 3.16. The van der Waals surface area contributed by atoms with Crippen LogP contribution in [0.15, 0.2) is 12.1 Å². The second-order valence-electron chi connectivity index (χ2n) is 4.02. The summed E-state index contributed by atoms with van der Waals surface area (Å²) in [6.45, 7) is 4.11. The molecule has 1 N–H and O–H groups in total. The molecule has 0 saturated heterocycles. The third-order valence-corrected chi connectivity index (χ3v) is 2.78. The standard InChI is InChI=1S/C12H16Cl2N2O/c1-3-4-5-8(2)15-12(17)9-6-10(13)16-11(14)7-9/h6-8H,3-5H2,1-2H3,(H,15,17). The minimum atomic E-state index is -0.167. The van der Waals surface area contributed by atoms with Crippen LogP contribution in [0.3, 0.4) is 0 Å². The molecule has 1 aromatic heterocycles. The molecule has 0 aromatic carbocycles. The lowest BCUT2D eigenvalue weighted by atomic mass is 10.1. The van der Waals surface area contributed by atoms with E-state index >= 15 is 0 Å². The van der Waals surface area contributed by atoms with Crippen LogP contribution in [-0.4, -0.2) is 16.9 Å². The van der Waals surface area contributed by atoms with Gasteiger partial charge in [0, 0.05) is 11.6 Å². The van der Waals surface area contributed by atoms with Gasteiger partial charge in [0.15, 0.2) is 0 Å². The van der Waals surface area contributed by atoms with Gasteiger partial charge in [-0.3, -0.25) is 4.79 Å². The van der Waals surface area contributed by atoms with Gasteiger partial charge in [0.25, 0.3) is 5.91 Å². The van der Waals surface area contributed by atoms with Crippen molar-refractivity contribution in [1.82, 2.24) is 10.3 Å². The van der Waals surface area contributed by atoms with E-state index in [-0.39, 0.29) is 22.3 Å². The van der Waals surface area contributed by atoms with Gasteiger partial charge in [0.2, 0.25) is 0 Å². The molecular weight excluding hydrogens is 259 g/mol. The molecule has 17 heavy (non-hydrogen) atoms. The van der Waals surface area contributed by atoms with E-state index in [9.17, 15) is 4.79 Å². The molecule has 1 heterocycles. The summed E-state index contributed by atoms with van der Waals surface area (Å²) < 4.78 is 0. The van der Waals surface area contributed by atoms with Gasteiger partial charge >= 0.3 is 0 Å². The van der Waals surface area contributed by atoms with Crippen molar-refractivity contribution in [3.05, 3.63) is 28.0 Å². The molecule has 0 bridgehead atoms. The molecule has 0 saturated carbocycles. The highest BCUT2D eigenvalue weighted by Gasteiger charge is 2.11. The summed E-state index contributed by atoms with van der Waals surface area (Å²) in [5, 5.41) is 3.35. The molecule has 1 unspecified atom stereocenters. The molecule has 3 nitrogen and oxygen atoms in total. The van der Waals surface area contributed by atoms with Crippen LogP contribution >= 0.6 is 23.2 Å². The maximum atomic E-state index is 11.9. The summed E-state index contributed by atoms with van der Waals surface area (Å²) >= 11 is 11.5. The largest absolute Gasteiger partial charge is 0.350 e. The van der Waals surface area contributed by atoms with Gasteiger partial charge in [0.1, 0.15) is 10.3 Å². The topological polar surface area (TPSA) is 42.0 Å². The Morgan fingerprint density at radius 3 is 2.53 bits per heavy atom. The lowest BCUT2D eigenvalue weighted by molar-refractivity contribution is 0.0938. The predicted octanol–water partition coefficient (Wildman–Crippen LogP) is 3.70. The van der Waals surface area contributed by atoms with Gasteiger partial charge in [0.05, 0.1) is 0 Å². The van der Waals surface area contributed by atoms with Crippen LogP contribution in [0.4, 0.5) is 0 Å². The molecule has 1 atom stereocenters. The Bertz CT molecular complexity index is 376. The number of amides is 1. The van der Waals surface area contributed by atoms with Crippen molar-refractivity contribution in [1.29, 1.82) is 0 Å². The second kappa shape index (κ2) is 6.82. The highest BCUT2D eigenvalue weighted by molar-refractivity contribution is 6.33. The Hall–Kier alpha value is -0.800. The highest BCUT2D eigenvalue weighted by atomic mass is 35.5. The first kappa shape index (κ1) is 14.3. The summed E-state index contributed by atoms with van der Waals surface area (Å²) in [4.78, 5) is 15.7. The number of nitrogens with zero attached hydrogens (tertiary/aromatic N) is 1. The van der Waals surface area contributed by atoms with E-state index in [4.69, 9.17) is 23.2 Å². The first-order chi connectivity index (χ1) is 8.02. The number of halogens is 2. The molecule has 1 aromatic rings. The van der Waals surface area contributed by atoms with Crippen molar-refractivity contribution in [3.63, 3.8) is 0 Å². The summed E-state index contributed by atoms with van der Waals surface area (Å²) in [6.07, 6.45) is 3.18. The van der Waals surface area contributed by atoms with Crippen LogP contribution in [0.1, 0.15) is 43.5 Å². The van der Waals surface area contributed by atoms with Crippen LogP contribution in [0, 0.1) is 0 Å². The third-order valence-electron chi connectivity index (χ3n) is 2.39. The van der Waals surface area contributed by atoms with E-state index in [2.05, 4.69) is 17.2 Å². The van der Waals surface area contributed by atoms with Crippen molar-refractivity contribution in [2.24, 2.45) is 0 Å². The fourth-order valence-electron chi connectivity index (χ4n) is 1.49. The van der Waals surface area contributed by atoms with Crippen molar-refractivity contribution >= 4 is 29.1 Å². The van der Waals surface area contributed by atoms with Gasteiger partial charge in [-0.1, -0.05) is 43.0 Å². The van der Waals surface area contributed by atoms with Crippen molar-refractivity contribution in [2.75, 3.05) is 0 Å². The number of hydrogen-bond donors (Lipinski definition) is 1. The summed E-state index contributed by atoms with van der Waals surface area (Å²) in [5.41, 5.74) is 0.443. The van der Waals surface area contributed by atoms with E-state index in [1.807, 2.05) is 6.92 Å². The Labute approximate surface area is 112 Å². The van der Waals surface area contributed by atoms with Crippen LogP contribution in [-0.2, 0) is 0 Å². The van der Waals surface area contributed by atoms with Crippen LogP contribution in [0.25, 0.3) is 0 Å². The molecule has 0 spiro atoms. The maximum absolute atomic E-state index is 11.9. The fourth-order valence-corrected chi connectivity index (χ4v) is 1.95. The number of aromatic nitrogens is 1. The molecule has 5 heteroatoms. The number of pyridine rings is 1. The van der Waals surface area contributed by atoms with Crippen LogP contribution in [0.5, 0.6) is 0 Å². The zero-order valence-electron chi connectivity index (χ0n) is 9.96. The van der Waals surface area contributed by atoms with Crippen molar-refractivity contribution in [3.8, 4) is 0 Å². The Kier molecular flexibility index (Phi) is 5.72. The molecule has 0 aliphatic rings. The van der Waals surface area contributed by atoms with Crippen LogP contribution in [0.2, 0.25) is 10.3 Å². The van der Waals surface area contributed by atoms with Crippen LogP contribution < -0.4 is 5.32 Å². The Balaban J connectivity index is 2.63. The molecular formula is C12H16Cl2N2O. The van der Waals surface area contributed by atoms with E-state index in [1.54, 1.807) is 0 Å². The SMILES string of the molecule is CCCCC(C)NC(=O)c1cc(Cl)nc(Cl)c1. The zero-order chi connectivity index (χ0) is 12.8. The molecule has 0 radical (unpaired) electrons. The van der Waals surface area contributed by atoms with E-state index < -0.39 is 0 Å². The molecule has 0 fully saturated rings. The Morgan fingerprint density at radius 2 is 2.00 bits per heavy atom. The molecule has 0 aliphatic heterocycles. The number of carbonyl (C=O) groups excluding carboxylic acids is 1. The maximum Gasteiger partial charge on any atom is 0.251 e. The van der Waals surface area contributed by atoms with Gasteiger partial charge in [-0.15, -0.1) is 0 Å². The first-order valence-corrected chi connectivity index (χ1v) is 6.42. The van der Waals surface area contributed by atoms with Gasteiger partial charge < -0.3 is 5.32 Å². The van der Waals surface area contributed by atoms with Crippen molar-refractivity contribution in [2.45, 2.75) is 39.2 Å². The number of carbonyl (C=O) groups is 1. The Morgan fingerprint density at radius 1 is 1.41 bits per heavy atom. The number of unbranched alkanes of at least 4 members (excludes halogenated alkanes) is 1. The smallest absolute Gasteiger partial charge is 0.251 e. The van der Waals surface area contributed by atoms with E-state index in [0.717, 1.165) is 19.3 Å². The van der Waals surface area contributed by atoms with Gasteiger partial charge in [-0.05, 0) is 25.5 Å². The fraction of sp³-hybridized carbons (Fsp3) is 0.500. The quantitative estimate of drug-likeness (QED) is 0.832. The number of hydrogen-bond acceptors (Lipinski definition) is 2. The lowest BCUT2D eigenvalue weighted by Gasteiger charge is -2.13. The minimum Gasteiger partial charge on any atom is -0.350 e. The lowest BCUT2D eigenvalue weighted by Crippen LogP contribution is -2.32. The molecule has 1 amide bonds. The summed E-state index contributed by atoms with van der Waals surface area (Å²) in [7, 11) is 0. The van der Waals surface area contributed by atoms with Gasteiger partial charge in [-0.2, -0.15) is 0 Å². The van der Waals surface area contributed by atoms with E-state index in [0.29, 0.717) is 5.56 Å². The third kappa shape index (κ3) is 4.92. The number of nitrogens with one attached hydrogen (secondary N) is 1. The summed E-state index contributed by atoms with van der Waals surface area (Å²) in [5.74, 6) is -0.167. The average molecular weight is 275 g/mol. The first-order valence-electron chi connectivity index (χ1n) is 5.67. The normalized spacial score (nSPS) is 12.2. The zero-order valence-corrected chi connectivity index (χ0v) is 11.5. The second-order valence-corrected chi connectivity index (χ2v) is 4.79. The average Bonchev–Trinajstić information content (AvgIpc) is 2.25. The molecule has 0 aliphatic carbocycles.